The number of hydrogen-bond acceptors (Lipinski definition) is 3. The van der Waals surface area contributed by atoms with Crippen molar-refractivity contribution in [3.8, 4) is 5.75 Å². The second-order valence-corrected chi connectivity index (χ2v) is 4.94. The molecule has 1 amide bonds. The Morgan fingerprint density at radius 3 is 2.89 bits per heavy atom. The molecule has 2 aliphatic rings. The van der Waals surface area contributed by atoms with Crippen LogP contribution in [0.3, 0.4) is 0 Å². The Labute approximate surface area is 110 Å². The van der Waals surface area contributed by atoms with Gasteiger partial charge in [-0.15, -0.1) is 0 Å². The minimum Gasteiger partial charge on any atom is -0.480 e. The summed E-state index contributed by atoms with van der Waals surface area (Å²) >= 11 is 5.93. The van der Waals surface area contributed by atoms with Gasteiger partial charge < -0.3 is 14.4 Å². The number of fused-ring (bicyclic) bond motifs is 1. The maximum atomic E-state index is 12.3. The van der Waals surface area contributed by atoms with E-state index in [-0.39, 0.29) is 5.91 Å². The zero-order chi connectivity index (χ0) is 12.5. The van der Waals surface area contributed by atoms with Crippen molar-refractivity contribution in [2.45, 2.75) is 12.5 Å². The average molecular weight is 268 g/mol. The first-order valence-electron chi connectivity index (χ1n) is 6.05. The normalized spacial score (nSPS) is 22.5. The van der Waals surface area contributed by atoms with Crippen LogP contribution in [0.5, 0.6) is 5.75 Å². The Hall–Kier alpha value is -1.26. The highest BCUT2D eigenvalue weighted by Crippen LogP contribution is 2.31. The Bertz CT molecular complexity index is 471. The molecule has 4 nitrogen and oxygen atoms in total. The lowest BCUT2D eigenvalue weighted by molar-refractivity contribution is -0.142. The molecular weight excluding hydrogens is 254 g/mol. The third-order valence-corrected chi connectivity index (χ3v) is 3.53. The average Bonchev–Trinajstić information content (AvgIpc) is 2.81. The molecule has 0 saturated carbocycles. The summed E-state index contributed by atoms with van der Waals surface area (Å²) < 4.78 is 10.9. The number of carbonyl (C=O) groups excluding carboxylic acids is 1. The van der Waals surface area contributed by atoms with Crippen LogP contribution in [0.25, 0.3) is 0 Å². The molecule has 1 saturated heterocycles. The van der Waals surface area contributed by atoms with Gasteiger partial charge in [0.25, 0.3) is 5.91 Å². The minimum atomic E-state index is -0.406. The largest absolute Gasteiger partial charge is 0.480 e. The van der Waals surface area contributed by atoms with Crippen LogP contribution in [-0.2, 0) is 16.0 Å². The van der Waals surface area contributed by atoms with E-state index in [2.05, 4.69) is 0 Å². The molecule has 2 heterocycles. The predicted molar refractivity (Wildman–Crippen MR) is 67.0 cm³/mol. The third kappa shape index (κ3) is 2.18. The molecule has 1 fully saturated rings. The number of ether oxygens (including phenoxy) is 2. The van der Waals surface area contributed by atoms with Gasteiger partial charge in [-0.05, 0) is 23.8 Å². The Kier molecular flexibility index (Phi) is 3.14. The zero-order valence-corrected chi connectivity index (χ0v) is 10.7. The SMILES string of the molecule is O=C([C@H]1Cc2cc(Cl)ccc2O1)N1CCOCC1. The van der Waals surface area contributed by atoms with Crippen LogP contribution < -0.4 is 4.74 Å². The van der Waals surface area contributed by atoms with Crippen molar-refractivity contribution in [1.29, 1.82) is 0 Å². The highest BCUT2D eigenvalue weighted by molar-refractivity contribution is 6.30. The molecule has 0 bridgehead atoms. The molecule has 5 heteroatoms. The molecule has 0 N–H and O–H groups in total. The number of rotatable bonds is 1. The monoisotopic (exact) mass is 267 g/mol. The van der Waals surface area contributed by atoms with Crippen molar-refractivity contribution in [2.24, 2.45) is 0 Å². The molecule has 0 aromatic heterocycles. The summed E-state index contributed by atoms with van der Waals surface area (Å²) in [5, 5.41) is 0.678. The van der Waals surface area contributed by atoms with Gasteiger partial charge in [0.1, 0.15) is 5.75 Å². The maximum Gasteiger partial charge on any atom is 0.264 e. The van der Waals surface area contributed by atoms with E-state index in [1.165, 1.54) is 0 Å². The number of carbonyl (C=O) groups is 1. The number of hydrogen-bond donors (Lipinski definition) is 0. The van der Waals surface area contributed by atoms with Crippen molar-refractivity contribution < 1.29 is 14.3 Å². The summed E-state index contributed by atoms with van der Waals surface area (Å²) in [5.41, 5.74) is 1.01. The number of nitrogens with zero attached hydrogens (tertiary/aromatic N) is 1. The second-order valence-electron chi connectivity index (χ2n) is 4.50. The van der Waals surface area contributed by atoms with Crippen molar-refractivity contribution in [1.82, 2.24) is 4.90 Å². The van der Waals surface area contributed by atoms with Gasteiger partial charge in [0.05, 0.1) is 13.2 Å². The highest BCUT2D eigenvalue weighted by atomic mass is 35.5. The first kappa shape index (κ1) is 11.8. The number of benzene rings is 1. The molecule has 0 unspecified atom stereocenters. The van der Waals surface area contributed by atoms with Gasteiger partial charge in [0, 0.05) is 24.5 Å². The van der Waals surface area contributed by atoms with Crippen LogP contribution >= 0.6 is 11.6 Å². The van der Waals surface area contributed by atoms with Gasteiger partial charge in [-0.2, -0.15) is 0 Å². The molecule has 2 aliphatic heterocycles. The van der Waals surface area contributed by atoms with E-state index in [1.54, 1.807) is 6.07 Å². The van der Waals surface area contributed by atoms with Crippen molar-refractivity contribution in [2.75, 3.05) is 26.3 Å². The third-order valence-electron chi connectivity index (χ3n) is 3.30. The Morgan fingerprint density at radius 2 is 2.11 bits per heavy atom. The second kappa shape index (κ2) is 4.78. The summed E-state index contributed by atoms with van der Waals surface area (Å²) in [4.78, 5) is 14.1. The van der Waals surface area contributed by atoms with E-state index < -0.39 is 6.10 Å². The lowest BCUT2D eigenvalue weighted by atomic mass is 10.1. The lowest BCUT2D eigenvalue weighted by Crippen LogP contribution is -2.47. The fourth-order valence-corrected chi connectivity index (χ4v) is 2.54. The van der Waals surface area contributed by atoms with Crippen LogP contribution in [0.15, 0.2) is 18.2 Å². The Balaban J connectivity index is 1.71. The number of halogens is 1. The van der Waals surface area contributed by atoms with Gasteiger partial charge in [-0.1, -0.05) is 11.6 Å². The quantitative estimate of drug-likeness (QED) is 0.774. The van der Waals surface area contributed by atoms with Crippen LogP contribution in [0.1, 0.15) is 5.56 Å². The summed E-state index contributed by atoms with van der Waals surface area (Å²) in [6.45, 7) is 2.51. The fourth-order valence-electron chi connectivity index (χ4n) is 2.34. The van der Waals surface area contributed by atoms with Gasteiger partial charge >= 0.3 is 0 Å². The van der Waals surface area contributed by atoms with E-state index in [4.69, 9.17) is 21.1 Å². The van der Waals surface area contributed by atoms with E-state index in [0.29, 0.717) is 37.7 Å². The summed E-state index contributed by atoms with van der Waals surface area (Å²) in [6.07, 6.45) is 0.197. The molecule has 1 aromatic carbocycles. The molecule has 3 rings (SSSR count). The minimum absolute atomic E-state index is 0.0469. The molecule has 1 atom stereocenters. The van der Waals surface area contributed by atoms with Crippen LogP contribution in [0.4, 0.5) is 0 Å². The first-order valence-corrected chi connectivity index (χ1v) is 6.43. The van der Waals surface area contributed by atoms with Crippen LogP contribution in [-0.4, -0.2) is 43.2 Å². The van der Waals surface area contributed by atoms with Gasteiger partial charge in [0.2, 0.25) is 0 Å². The molecule has 1 aromatic rings. The lowest BCUT2D eigenvalue weighted by Gasteiger charge is -2.28. The molecule has 96 valence electrons. The summed E-state index contributed by atoms with van der Waals surface area (Å²) in [6, 6.07) is 5.47. The van der Waals surface area contributed by atoms with Crippen LogP contribution in [0, 0.1) is 0 Å². The molecule has 0 radical (unpaired) electrons. The highest BCUT2D eigenvalue weighted by Gasteiger charge is 2.33. The van der Waals surface area contributed by atoms with Crippen molar-refractivity contribution in [3.63, 3.8) is 0 Å². The summed E-state index contributed by atoms with van der Waals surface area (Å²) in [5.74, 6) is 0.816. The maximum absolute atomic E-state index is 12.3. The predicted octanol–water partition coefficient (Wildman–Crippen LogP) is 1.50. The number of morpholine rings is 1. The van der Waals surface area contributed by atoms with Crippen molar-refractivity contribution in [3.05, 3.63) is 28.8 Å². The standard InChI is InChI=1S/C13H14ClNO3/c14-10-1-2-11-9(7-10)8-12(18-11)13(16)15-3-5-17-6-4-15/h1-2,7,12H,3-6,8H2/t12-/m1/s1. The van der Waals surface area contributed by atoms with E-state index in [9.17, 15) is 4.79 Å². The summed E-state index contributed by atoms with van der Waals surface area (Å²) in [7, 11) is 0. The first-order chi connectivity index (χ1) is 8.74. The van der Waals surface area contributed by atoms with Gasteiger partial charge in [-0.3, -0.25) is 4.79 Å². The zero-order valence-electron chi connectivity index (χ0n) is 9.89. The fraction of sp³-hybridized carbons (Fsp3) is 0.462. The number of amides is 1. The van der Waals surface area contributed by atoms with Crippen LogP contribution in [0.2, 0.25) is 5.02 Å². The molecular formula is C13H14ClNO3. The molecule has 0 aliphatic carbocycles. The Morgan fingerprint density at radius 1 is 1.33 bits per heavy atom. The molecule has 0 spiro atoms. The van der Waals surface area contributed by atoms with Crippen molar-refractivity contribution >= 4 is 17.5 Å². The molecule has 18 heavy (non-hydrogen) atoms. The van der Waals surface area contributed by atoms with E-state index in [1.807, 2.05) is 17.0 Å². The topological polar surface area (TPSA) is 38.8 Å². The van der Waals surface area contributed by atoms with E-state index in [0.717, 1.165) is 11.3 Å². The smallest absolute Gasteiger partial charge is 0.264 e. The van der Waals surface area contributed by atoms with Gasteiger partial charge in [0.15, 0.2) is 6.10 Å². The van der Waals surface area contributed by atoms with E-state index >= 15 is 0 Å². The van der Waals surface area contributed by atoms with Gasteiger partial charge in [-0.25, -0.2) is 0 Å².